The molecule has 0 saturated carbocycles. The van der Waals surface area contributed by atoms with Crippen LogP contribution in [0, 0.1) is 18.7 Å². The zero-order chi connectivity index (χ0) is 27.4. The van der Waals surface area contributed by atoms with E-state index in [2.05, 4.69) is 20.6 Å². The number of fused-ring (bicyclic) bond motifs is 3. The third-order valence-corrected chi connectivity index (χ3v) is 7.41. The molecule has 0 amide bonds. The topological polar surface area (TPSA) is 95.1 Å². The molecule has 1 unspecified atom stereocenters. The first-order chi connectivity index (χ1) is 18.8. The first kappa shape index (κ1) is 29.2. The van der Waals surface area contributed by atoms with Crippen LogP contribution in [0.5, 0.6) is 0 Å². The summed E-state index contributed by atoms with van der Waals surface area (Å²) in [4.78, 5) is 16.0. The summed E-state index contributed by atoms with van der Waals surface area (Å²) in [5, 5.41) is 11.6. The lowest BCUT2D eigenvalue weighted by atomic mass is 9.83. The second-order valence-corrected chi connectivity index (χ2v) is 10.4. The van der Waals surface area contributed by atoms with Gasteiger partial charge in [0, 0.05) is 44.1 Å². The van der Waals surface area contributed by atoms with Gasteiger partial charge in [-0.3, -0.25) is 9.48 Å². The number of para-hydroxylation sites is 1. The second kappa shape index (κ2) is 12.6. The van der Waals surface area contributed by atoms with Gasteiger partial charge in [0.05, 0.1) is 18.8 Å². The summed E-state index contributed by atoms with van der Waals surface area (Å²) in [6.45, 7) is 7.15. The van der Waals surface area contributed by atoms with Crippen molar-refractivity contribution in [3.8, 4) is 11.6 Å². The molecule has 1 N–H and O–H groups in total. The molecule has 3 fully saturated rings. The molecule has 7 rings (SSSR count). The van der Waals surface area contributed by atoms with E-state index < -0.39 is 0 Å². The molecule has 2 aromatic carbocycles. The van der Waals surface area contributed by atoms with Crippen molar-refractivity contribution >= 4 is 17.3 Å². The third-order valence-electron chi connectivity index (χ3n) is 7.41. The predicted molar refractivity (Wildman–Crippen MR) is 144 cm³/mol. The van der Waals surface area contributed by atoms with E-state index in [0.29, 0.717) is 24.2 Å². The number of hydrogen-bond donors (Lipinski definition) is 1. The van der Waals surface area contributed by atoms with Crippen LogP contribution >= 0.6 is 0 Å². The van der Waals surface area contributed by atoms with Crippen molar-refractivity contribution in [2.75, 3.05) is 25.0 Å². The monoisotopic (exact) mass is 568 g/mol. The van der Waals surface area contributed by atoms with Gasteiger partial charge in [-0.1, -0.05) is 29.4 Å². The lowest BCUT2D eigenvalue weighted by Gasteiger charge is -2.51. The van der Waals surface area contributed by atoms with E-state index in [1.165, 1.54) is 19.1 Å². The summed E-state index contributed by atoms with van der Waals surface area (Å²) in [5.41, 5.74) is 3.46. The normalized spacial score (nSPS) is 21.1. The van der Waals surface area contributed by atoms with Gasteiger partial charge in [-0.05, 0) is 43.3 Å². The number of esters is 1. The lowest BCUT2D eigenvalue weighted by Crippen LogP contribution is -3.00. The number of anilines is 2. The molecule has 11 heteroatoms. The number of carbonyl (C=O) groups excluding carboxylic acids is 1. The van der Waals surface area contributed by atoms with Crippen molar-refractivity contribution in [2.45, 2.75) is 39.3 Å². The molecule has 0 spiro atoms. The maximum atomic E-state index is 12.8. The number of halogens is 2. The van der Waals surface area contributed by atoms with Gasteiger partial charge >= 0.3 is 5.97 Å². The van der Waals surface area contributed by atoms with Crippen LogP contribution in [0.4, 0.5) is 15.8 Å². The van der Waals surface area contributed by atoms with E-state index in [0.717, 1.165) is 59.7 Å². The molecule has 212 valence electrons. The van der Waals surface area contributed by atoms with Gasteiger partial charge in [0.15, 0.2) is 6.10 Å². The fraction of sp³-hybridized carbons (Fsp3) is 0.379. The zero-order valence-corrected chi connectivity index (χ0v) is 23.6. The number of hydrogen-bond acceptors (Lipinski definition) is 7. The Bertz CT molecular complexity index is 1420. The number of aryl methyl sites for hydroxylation is 2. The number of ether oxygens (including phenoxy) is 1. The van der Waals surface area contributed by atoms with Gasteiger partial charge in [0.1, 0.15) is 24.6 Å². The molecular weight excluding hydrogens is 535 g/mol. The molecule has 4 aromatic rings. The quantitative estimate of drug-likeness (QED) is 0.281. The maximum Gasteiger partial charge on any atom is 0.303 e. The lowest BCUT2D eigenvalue weighted by molar-refractivity contribution is -0.958. The van der Waals surface area contributed by atoms with Crippen LogP contribution in [-0.2, 0) is 23.1 Å². The smallest absolute Gasteiger partial charge is 0.303 e. The SMILES string of the molecule is CC(=O)OC1C[N+]2(Cc3noc(-c4cc(C)nn4C)n3)CCC1CC2.Fc1cccc(Nc2ccccc2)c1.[Cl-]. The van der Waals surface area contributed by atoms with E-state index in [9.17, 15) is 9.18 Å². The minimum absolute atomic E-state index is 0. The van der Waals surface area contributed by atoms with Crippen molar-refractivity contribution in [3.05, 3.63) is 78.0 Å². The Morgan fingerprint density at radius 1 is 1.12 bits per heavy atom. The number of piperidine rings is 3. The van der Waals surface area contributed by atoms with Gasteiger partial charge in [0.25, 0.3) is 5.89 Å². The number of nitrogens with zero attached hydrogens (tertiary/aromatic N) is 5. The number of benzene rings is 2. The van der Waals surface area contributed by atoms with E-state index in [1.54, 1.807) is 10.7 Å². The van der Waals surface area contributed by atoms with Crippen LogP contribution < -0.4 is 17.7 Å². The molecule has 40 heavy (non-hydrogen) atoms. The molecule has 9 nitrogen and oxygen atoms in total. The summed E-state index contributed by atoms with van der Waals surface area (Å²) in [7, 11) is 1.87. The highest BCUT2D eigenvalue weighted by atomic mass is 35.5. The van der Waals surface area contributed by atoms with Crippen LogP contribution in [0.2, 0.25) is 0 Å². The maximum absolute atomic E-state index is 12.8. The molecule has 0 radical (unpaired) electrons. The van der Waals surface area contributed by atoms with Gasteiger partial charge in [-0.15, -0.1) is 0 Å². The van der Waals surface area contributed by atoms with Crippen molar-refractivity contribution in [1.29, 1.82) is 0 Å². The Hall–Kier alpha value is -3.76. The number of aromatic nitrogens is 4. The highest BCUT2D eigenvalue weighted by Gasteiger charge is 2.48. The standard InChI is InChI=1S/C17H24N5O3.C12H10FN.ClH/c1-11-8-14(21(3)19-11)17-18-16(20-25-17)10-22-6-4-13(5-7-22)15(9-22)24-12(2)23;13-10-5-4-8-12(9-10)14-11-6-2-1-3-7-11;/h8,13,15H,4-7,9-10H2,1-3H3;1-9,14H;1H/q+1;;/p-1. The Morgan fingerprint density at radius 3 is 2.50 bits per heavy atom. The molecule has 0 aliphatic carbocycles. The van der Waals surface area contributed by atoms with E-state index >= 15 is 0 Å². The molecule has 3 aliphatic rings. The van der Waals surface area contributed by atoms with Crippen molar-refractivity contribution in [1.82, 2.24) is 19.9 Å². The van der Waals surface area contributed by atoms with Crippen LogP contribution in [0.25, 0.3) is 11.6 Å². The minimum atomic E-state index is -0.231. The van der Waals surface area contributed by atoms with Crippen LogP contribution in [0.1, 0.15) is 31.3 Å². The number of rotatable bonds is 6. The zero-order valence-electron chi connectivity index (χ0n) is 22.9. The van der Waals surface area contributed by atoms with Crippen LogP contribution in [-0.4, -0.2) is 56.1 Å². The summed E-state index contributed by atoms with van der Waals surface area (Å²) in [6, 6.07) is 18.0. The Balaban J connectivity index is 0.000000210. The molecule has 2 bridgehead atoms. The molecular formula is C29H34ClFN6O3. The summed E-state index contributed by atoms with van der Waals surface area (Å²) < 4.78 is 26.5. The number of carbonyl (C=O) groups is 1. The highest BCUT2D eigenvalue weighted by Crippen LogP contribution is 2.37. The molecule has 5 heterocycles. The van der Waals surface area contributed by atoms with Gasteiger partial charge in [0.2, 0.25) is 5.82 Å². The summed E-state index contributed by atoms with van der Waals surface area (Å²) >= 11 is 0. The largest absolute Gasteiger partial charge is 1.00 e. The fourth-order valence-corrected chi connectivity index (χ4v) is 5.58. The number of nitrogens with one attached hydrogen (secondary N) is 1. The molecule has 3 saturated heterocycles. The first-order valence-electron chi connectivity index (χ1n) is 13.2. The van der Waals surface area contributed by atoms with Crippen molar-refractivity contribution in [2.24, 2.45) is 13.0 Å². The van der Waals surface area contributed by atoms with E-state index in [1.807, 2.05) is 56.4 Å². The Labute approximate surface area is 239 Å². The van der Waals surface area contributed by atoms with Crippen molar-refractivity contribution in [3.63, 3.8) is 0 Å². The fourth-order valence-electron chi connectivity index (χ4n) is 5.58. The van der Waals surface area contributed by atoms with Gasteiger partial charge in [-0.2, -0.15) is 10.1 Å². The predicted octanol–water partition coefficient (Wildman–Crippen LogP) is 2.02. The van der Waals surface area contributed by atoms with Crippen molar-refractivity contribution < 1.29 is 35.3 Å². The van der Waals surface area contributed by atoms with Crippen LogP contribution in [0.3, 0.4) is 0 Å². The first-order valence-corrected chi connectivity index (χ1v) is 13.2. The highest BCUT2D eigenvalue weighted by molar-refractivity contribution is 5.66. The minimum Gasteiger partial charge on any atom is -1.00 e. The Morgan fingerprint density at radius 2 is 1.85 bits per heavy atom. The average molecular weight is 569 g/mol. The molecule has 2 aromatic heterocycles. The molecule has 3 aliphatic heterocycles. The third kappa shape index (κ3) is 7.05. The van der Waals surface area contributed by atoms with Gasteiger partial charge < -0.3 is 31.5 Å². The van der Waals surface area contributed by atoms with E-state index in [-0.39, 0.29) is 30.3 Å². The van der Waals surface area contributed by atoms with E-state index in [4.69, 9.17) is 9.26 Å². The van der Waals surface area contributed by atoms with Crippen LogP contribution in [0.15, 0.2) is 65.2 Å². The Kier molecular flexibility index (Phi) is 9.21. The average Bonchev–Trinajstić information content (AvgIpc) is 3.50. The number of quaternary nitrogens is 1. The second-order valence-electron chi connectivity index (χ2n) is 10.4. The summed E-state index contributed by atoms with van der Waals surface area (Å²) in [6.07, 6.45) is 2.19. The summed E-state index contributed by atoms with van der Waals surface area (Å²) in [5.74, 6) is 1.29. The molecule has 1 atom stereocenters. The van der Waals surface area contributed by atoms with Gasteiger partial charge in [-0.25, -0.2) is 4.39 Å².